The van der Waals surface area contributed by atoms with E-state index in [0.29, 0.717) is 0 Å². The summed E-state index contributed by atoms with van der Waals surface area (Å²) in [6.07, 6.45) is 5.50. The quantitative estimate of drug-likeness (QED) is 0.365. The minimum atomic E-state index is 0.775. The molecule has 2 aromatic carbocycles. The van der Waals surface area contributed by atoms with Gasteiger partial charge in [-0.3, -0.25) is 0 Å². The van der Waals surface area contributed by atoms with Crippen molar-refractivity contribution in [3.63, 3.8) is 0 Å². The molecule has 4 heteroatoms. The van der Waals surface area contributed by atoms with Gasteiger partial charge in [-0.15, -0.1) is 0 Å². The van der Waals surface area contributed by atoms with Gasteiger partial charge in [0.05, 0.1) is 0 Å². The zero-order chi connectivity index (χ0) is 19.2. The van der Waals surface area contributed by atoms with Gasteiger partial charge in [0.2, 0.25) is 0 Å². The molecule has 27 heavy (non-hydrogen) atoms. The first-order valence-electron chi connectivity index (χ1n) is 10.3. The van der Waals surface area contributed by atoms with Gasteiger partial charge >= 0.3 is 0 Å². The van der Waals surface area contributed by atoms with Crippen LogP contribution in [0.3, 0.4) is 0 Å². The van der Waals surface area contributed by atoms with E-state index >= 15 is 0 Å². The maximum Gasteiger partial charge on any atom is 0.0155 e. The maximum atomic E-state index is 5.47. The smallest absolute Gasteiger partial charge is 0.0155 e. The van der Waals surface area contributed by atoms with E-state index in [0.717, 1.165) is 64.2 Å². The van der Waals surface area contributed by atoms with Gasteiger partial charge in [-0.1, -0.05) is 49.0 Å². The molecule has 2 rings (SSSR count). The largest absolute Gasteiger partial charge is 0.388 e. The summed E-state index contributed by atoms with van der Waals surface area (Å²) in [7, 11) is 0. The van der Waals surface area contributed by atoms with Crippen molar-refractivity contribution in [2.24, 2.45) is 5.73 Å². The number of nitrogens with two attached hydrogens (primary N) is 1. The van der Waals surface area contributed by atoms with Crippen molar-refractivity contribution in [2.75, 3.05) is 39.3 Å². The van der Waals surface area contributed by atoms with Crippen LogP contribution in [-0.2, 0) is 6.42 Å². The highest BCUT2D eigenvalue weighted by Crippen LogP contribution is 2.20. The van der Waals surface area contributed by atoms with Gasteiger partial charge in [-0.25, -0.2) is 0 Å². The minimum Gasteiger partial charge on any atom is -0.388 e. The second-order valence-electron chi connectivity index (χ2n) is 7.05. The van der Waals surface area contributed by atoms with E-state index in [-0.39, 0.29) is 0 Å². The van der Waals surface area contributed by atoms with Crippen molar-refractivity contribution in [2.45, 2.75) is 32.1 Å². The Bertz CT molecular complexity index is 663. The molecular weight excluding hydrogens is 332 g/mol. The molecule has 0 saturated heterocycles. The van der Waals surface area contributed by atoms with Crippen LogP contribution in [0, 0.1) is 0 Å². The molecule has 0 fully saturated rings. The predicted molar refractivity (Wildman–Crippen MR) is 118 cm³/mol. The first-order valence-corrected chi connectivity index (χ1v) is 10.3. The molecule has 0 heterocycles. The van der Waals surface area contributed by atoms with Crippen LogP contribution in [0.5, 0.6) is 0 Å². The first-order chi connectivity index (χ1) is 13.3. The molecule has 0 unspecified atom stereocenters. The SMILES string of the molecule is C=C(Cc1cccc2ccccc12)NCCCNCCCCNCCCN. The zero-order valence-corrected chi connectivity index (χ0v) is 16.6. The van der Waals surface area contributed by atoms with Gasteiger partial charge in [0, 0.05) is 18.7 Å². The minimum absolute atomic E-state index is 0.775. The molecule has 0 radical (unpaired) electrons. The molecule has 148 valence electrons. The zero-order valence-electron chi connectivity index (χ0n) is 16.6. The van der Waals surface area contributed by atoms with E-state index in [4.69, 9.17) is 5.73 Å². The van der Waals surface area contributed by atoms with Crippen molar-refractivity contribution in [1.82, 2.24) is 16.0 Å². The molecule has 2 aromatic rings. The Hall–Kier alpha value is -1.88. The van der Waals surface area contributed by atoms with Gasteiger partial charge in [0.15, 0.2) is 0 Å². The summed E-state index contributed by atoms with van der Waals surface area (Å²) in [6, 6.07) is 15.0. The Morgan fingerprint density at radius 3 is 2.22 bits per heavy atom. The lowest BCUT2D eigenvalue weighted by atomic mass is 10.0. The van der Waals surface area contributed by atoms with Crippen molar-refractivity contribution in [1.29, 1.82) is 0 Å². The molecular formula is C23H36N4. The van der Waals surface area contributed by atoms with E-state index in [2.05, 4.69) is 65.0 Å². The Morgan fingerprint density at radius 2 is 1.44 bits per heavy atom. The van der Waals surface area contributed by atoms with E-state index in [1.165, 1.54) is 29.2 Å². The molecule has 0 amide bonds. The number of fused-ring (bicyclic) bond motifs is 1. The average molecular weight is 369 g/mol. The molecule has 0 saturated carbocycles. The maximum absolute atomic E-state index is 5.47. The van der Waals surface area contributed by atoms with Crippen LogP contribution >= 0.6 is 0 Å². The van der Waals surface area contributed by atoms with Crippen LogP contribution in [0.4, 0.5) is 0 Å². The lowest BCUT2D eigenvalue weighted by Gasteiger charge is -2.12. The molecule has 0 aromatic heterocycles. The standard InChI is InChI=1S/C23H36N4/c1-20(19-22-11-6-10-21-9-2-3-12-23(21)22)27-18-8-17-26-15-5-4-14-25-16-7-13-24/h2-3,6,9-12,25-27H,1,4-5,7-8,13-19,24H2. The number of hydrogen-bond donors (Lipinski definition) is 4. The summed E-state index contributed by atoms with van der Waals surface area (Å²) in [5.41, 5.74) is 7.90. The summed E-state index contributed by atoms with van der Waals surface area (Å²) >= 11 is 0. The Morgan fingerprint density at radius 1 is 0.778 bits per heavy atom. The lowest BCUT2D eigenvalue weighted by Crippen LogP contribution is -2.24. The fourth-order valence-corrected chi connectivity index (χ4v) is 3.19. The normalized spacial score (nSPS) is 11.0. The molecule has 0 spiro atoms. The van der Waals surface area contributed by atoms with Crippen molar-refractivity contribution in [3.8, 4) is 0 Å². The number of nitrogens with one attached hydrogen (secondary N) is 3. The summed E-state index contributed by atoms with van der Waals surface area (Å²) < 4.78 is 0. The van der Waals surface area contributed by atoms with Crippen LogP contribution in [0.25, 0.3) is 10.8 Å². The second kappa shape index (κ2) is 13.3. The average Bonchev–Trinajstić information content (AvgIpc) is 2.69. The third-order valence-corrected chi connectivity index (χ3v) is 4.70. The molecule has 5 N–H and O–H groups in total. The van der Waals surface area contributed by atoms with Gasteiger partial charge in [-0.2, -0.15) is 0 Å². The molecule has 0 aliphatic carbocycles. The summed E-state index contributed by atoms with van der Waals surface area (Å²) in [5, 5.41) is 13.0. The predicted octanol–water partition coefficient (Wildman–Crippen LogP) is 3.18. The Balaban J connectivity index is 1.50. The van der Waals surface area contributed by atoms with E-state index in [9.17, 15) is 0 Å². The third-order valence-electron chi connectivity index (χ3n) is 4.70. The molecule has 0 aliphatic heterocycles. The van der Waals surface area contributed by atoms with Crippen LogP contribution < -0.4 is 21.7 Å². The van der Waals surface area contributed by atoms with Gasteiger partial charge in [-0.05, 0) is 74.7 Å². The number of allylic oxidation sites excluding steroid dienone is 1. The van der Waals surface area contributed by atoms with E-state index in [1.54, 1.807) is 0 Å². The van der Waals surface area contributed by atoms with Gasteiger partial charge in [0.1, 0.15) is 0 Å². The van der Waals surface area contributed by atoms with Crippen molar-refractivity contribution < 1.29 is 0 Å². The van der Waals surface area contributed by atoms with E-state index < -0.39 is 0 Å². The van der Waals surface area contributed by atoms with Crippen LogP contribution in [0.15, 0.2) is 54.7 Å². The molecule has 0 aliphatic rings. The van der Waals surface area contributed by atoms with Crippen LogP contribution in [-0.4, -0.2) is 39.3 Å². The topological polar surface area (TPSA) is 62.1 Å². The molecule has 0 atom stereocenters. The highest BCUT2D eigenvalue weighted by Gasteiger charge is 2.02. The number of unbranched alkanes of at least 4 members (excludes halogenated alkanes) is 1. The number of benzene rings is 2. The summed E-state index contributed by atoms with van der Waals surface area (Å²) in [4.78, 5) is 0. The third kappa shape index (κ3) is 8.57. The van der Waals surface area contributed by atoms with Gasteiger partial charge in [0.25, 0.3) is 0 Å². The lowest BCUT2D eigenvalue weighted by molar-refractivity contribution is 0.563. The first kappa shape index (κ1) is 21.4. The van der Waals surface area contributed by atoms with Crippen LogP contribution in [0.1, 0.15) is 31.2 Å². The second-order valence-corrected chi connectivity index (χ2v) is 7.05. The van der Waals surface area contributed by atoms with Crippen molar-refractivity contribution in [3.05, 3.63) is 60.3 Å². The Kier molecular flexibility index (Phi) is 10.6. The van der Waals surface area contributed by atoms with E-state index in [1.807, 2.05) is 0 Å². The molecule has 0 bridgehead atoms. The molecule has 4 nitrogen and oxygen atoms in total. The fourth-order valence-electron chi connectivity index (χ4n) is 3.19. The monoisotopic (exact) mass is 368 g/mol. The number of rotatable bonds is 15. The number of hydrogen-bond acceptors (Lipinski definition) is 4. The fraction of sp³-hybridized carbons (Fsp3) is 0.478. The van der Waals surface area contributed by atoms with Gasteiger partial charge < -0.3 is 21.7 Å². The van der Waals surface area contributed by atoms with Crippen molar-refractivity contribution >= 4 is 10.8 Å². The Labute approximate surface area is 164 Å². The highest BCUT2D eigenvalue weighted by atomic mass is 14.9. The summed E-state index contributed by atoms with van der Waals surface area (Å²) in [6.45, 7) is 10.2. The summed E-state index contributed by atoms with van der Waals surface area (Å²) in [5.74, 6) is 0. The van der Waals surface area contributed by atoms with Crippen LogP contribution in [0.2, 0.25) is 0 Å². The highest BCUT2D eigenvalue weighted by molar-refractivity contribution is 5.85.